The van der Waals surface area contributed by atoms with Crippen molar-refractivity contribution >= 4 is 34.5 Å². The van der Waals surface area contributed by atoms with Gasteiger partial charge in [-0.1, -0.05) is 55.3 Å². The molecule has 1 spiro atoms. The molecule has 0 bridgehead atoms. The lowest BCUT2D eigenvalue weighted by Crippen LogP contribution is -2.66. The van der Waals surface area contributed by atoms with Gasteiger partial charge in [0.2, 0.25) is 11.8 Å². The summed E-state index contributed by atoms with van der Waals surface area (Å²) in [6.07, 6.45) is 10.4. The van der Waals surface area contributed by atoms with Crippen LogP contribution in [0.25, 0.3) is 10.8 Å². The zero-order chi connectivity index (χ0) is 32.7. The number of carbonyl (C=O) groups is 4. The average Bonchev–Trinajstić information content (AvgIpc) is 3.36. The maximum Gasteiger partial charge on any atom is 0.408 e. The van der Waals surface area contributed by atoms with Gasteiger partial charge in [-0.2, -0.15) is 0 Å². The molecule has 0 radical (unpaired) electrons. The first kappa shape index (κ1) is 32.1. The summed E-state index contributed by atoms with van der Waals surface area (Å²) in [7, 11) is 0. The van der Waals surface area contributed by atoms with E-state index in [-0.39, 0.29) is 30.1 Å². The van der Waals surface area contributed by atoms with E-state index in [0.29, 0.717) is 25.7 Å². The molecule has 9 heteroatoms. The Balaban J connectivity index is 1.34. The highest BCUT2D eigenvalue weighted by Crippen LogP contribution is 2.45. The van der Waals surface area contributed by atoms with Crippen LogP contribution in [0, 0.1) is 5.92 Å². The van der Waals surface area contributed by atoms with E-state index in [1.807, 2.05) is 24.3 Å². The van der Waals surface area contributed by atoms with Crippen molar-refractivity contribution in [3.63, 3.8) is 0 Å². The lowest BCUT2D eigenvalue weighted by molar-refractivity contribution is -0.144. The Morgan fingerprint density at radius 3 is 2.59 bits per heavy atom. The van der Waals surface area contributed by atoms with Crippen molar-refractivity contribution in [3.8, 4) is 5.75 Å². The van der Waals surface area contributed by atoms with Crippen LogP contribution in [0.3, 0.4) is 0 Å². The largest absolute Gasteiger partial charge is 0.485 e. The van der Waals surface area contributed by atoms with Gasteiger partial charge in [0.1, 0.15) is 34.6 Å². The molecule has 1 saturated carbocycles. The third-order valence-corrected chi connectivity index (χ3v) is 10.3. The third kappa shape index (κ3) is 6.25. The van der Waals surface area contributed by atoms with Gasteiger partial charge in [-0.05, 0) is 89.5 Å². The zero-order valence-corrected chi connectivity index (χ0v) is 27.5. The number of aryl methyl sites for hydroxylation is 1. The summed E-state index contributed by atoms with van der Waals surface area (Å²) in [6, 6.07) is 10.5. The fourth-order valence-corrected chi connectivity index (χ4v) is 7.77. The number of nitrogens with zero attached hydrogens (tertiary/aromatic N) is 1. The number of Topliss-reactive ketones (excluding diaryl/α,β-unsaturated/α-hetero) is 1. The molecule has 2 fully saturated rings. The molecule has 1 aliphatic carbocycles. The Morgan fingerprint density at radius 2 is 1.85 bits per heavy atom. The van der Waals surface area contributed by atoms with Crippen molar-refractivity contribution in [1.82, 2.24) is 15.5 Å². The third-order valence-electron chi connectivity index (χ3n) is 10.3. The zero-order valence-electron chi connectivity index (χ0n) is 27.5. The maximum atomic E-state index is 14.5. The Hall–Kier alpha value is -3.88. The Kier molecular flexibility index (Phi) is 8.63. The summed E-state index contributed by atoms with van der Waals surface area (Å²) in [6.45, 7) is 7.09. The number of amides is 3. The molecule has 4 aliphatic rings. The van der Waals surface area contributed by atoms with Crippen molar-refractivity contribution in [3.05, 3.63) is 54.1 Å². The summed E-state index contributed by atoms with van der Waals surface area (Å²) in [5.41, 5.74) is -1.36. The van der Waals surface area contributed by atoms with Crippen molar-refractivity contribution < 1.29 is 28.7 Å². The molecule has 3 aliphatic heterocycles. The van der Waals surface area contributed by atoms with Crippen LogP contribution >= 0.6 is 0 Å². The highest BCUT2D eigenvalue weighted by molar-refractivity contribution is 5.97. The van der Waals surface area contributed by atoms with Crippen molar-refractivity contribution in [1.29, 1.82) is 0 Å². The maximum absolute atomic E-state index is 14.5. The second-order valence-electron chi connectivity index (χ2n) is 14.7. The monoisotopic (exact) mass is 629 g/mol. The summed E-state index contributed by atoms with van der Waals surface area (Å²) in [5.74, 6) is -0.0568. The van der Waals surface area contributed by atoms with Crippen LogP contribution in [0.1, 0.15) is 91.0 Å². The number of fused-ring (bicyclic) bond motifs is 5. The number of hydrogen-bond donors (Lipinski definition) is 2. The van der Waals surface area contributed by atoms with Gasteiger partial charge in [0.25, 0.3) is 0 Å². The van der Waals surface area contributed by atoms with Gasteiger partial charge in [-0.3, -0.25) is 14.4 Å². The second kappa shape index (κ2) is 12.4. The molecular weight excluding hydrogens is 582 g/mol. The van der Waals surface area contributed by atoms with Crippen molar-refractivity contribution in [2.24, 2.45) is 5.92 Å². The molecule has 5 atom stereocenters. The molecule has 3 amide bonds. The number of ketones is 1. The van der Waals surface area contributed by atoms with Crippen LogP contribution in [0.15, 0.2) is 48.6 Å². The van der Waals surface area contributed by atoms with Crippen molar-refractivity contribution in [2.75, 3.05) is 6.54 Å². The first-order chi connectivity index (χ1) is 21.9. The minimum Gasteiger partial charge on any atom is -0.485 e. The Morgan fingerprint density at radius 1 is 1.04 bits per heavy atom. The predicted molar refractivity (Wildman–Crippen MR) is 175 cm³/mol. The van der Waals surface area contributed by atoms with E-state index < -0.39 is 34.9 Å². The Bertz CT molecular complexity index is 1560. The molecule has 9 nitrogen and oxygen atoms in total. The molecule has 246 valence electrons. The SMILES string of the molecule is CC(=O)C12CCC1C=CCCCCCC(NC(=O)OC(C)(C)C)C(=O)N1CC3(CCc4c(ccc5ccccc45)O3)CC1C(=O)N2. The quantitative estimate of drug-likeness (QED) is 0.408. The number of carbonyl (C=O) groups excluding carboxylic acids is 4. The molecular formula is C37H47N3O6. The predicted octanol–water partition coefficient (Wildman–Crippen LogP) is 5.77. The van der Waals surface area contributed by atoms with Gasteiger partial charge in [0, 0.05) is 17.9 Å². The van der Waals surface area contributed by atoms with E-state index in [4.69, 9.17) is 9.47 Å². The molecule has 3 heterocycles. The molecule has 6 rings (SSSR count). The number of allylic oxidation sites excluding steroid dienone is 1. The van der Waals surface area contributed by atoms with Crippen LogP contribution in [-0.4, -0.2) is 64.0 Å². The van der Waals surface area contributed by atoms with Gasteiger partial charge in [-0.25, -0.2) is 4.79 Å². The van der Waals surface area contributed by atoms with Crippen LogP contribution in [0.5, 0.6) is 5.75 Å². The first-order valence-corrected chi connectivity index (χ1v) is 16.9. The van der Waals surface area contributed by atoms with E-state index in [2.05, 4.69) is 34.9 Å². The summed E-state index contributed by atoms with van der Waals surface area (Å²) in [4.78, 5) is 56.4. The highest BCUT2D eigenvalue weighted by atomic mass is 16.6. The fourth-order valence-electron chi connectivity index (χ4n) is 7.77. The number of ether oxygens (including phenoxy) is 2. The smallest absolute Gasteiger partial charge is 0.408 e. The molecule has 2 aromatic rings. The first-order valence-electron chi connectivity index (χ1n) is 16.9. The average molecular weight is 630 g/mol. The minimum atomic E-state index is -0.981. The number of benzene rings is 2. The van der Waals surface area contributed by atoms with E-state index in [1.165, 1.54) is 0 Å². The van der Waals surface area contributed by atoms with Gasteiger partial charge in [0.15, 0.2) is 5.78 Å². The standard InChI is InChI=1S/C37H47N3O6/c1-24(41)37-21-18-26(37)13-8-6-5-7-9-15-29(38-34(44)46-35(2,3)4)33(43)40-23-36(22-30(40)32(42)39-37)20-19-28-27-14-11-10-12-25(27)16-17-31(28)45-36/h8,10-14,16-17,26,29-30H,5-7,9,15,18-23H2,1-4H3,(H,38,44)(H,39,42). The summed E-state index contributed by atoms with van der Waals surface area (Å²) in [5, 5.41) is 8.26. The molecule has 1 saturated heterocycles. The lowest BCUT2D eigenvalue weighted by Gasteiger charge is -2.47. The molecule has 46 heavy (non-hydrogen) atoms. The van der Waals surface area contributed by atoms with E-state index >= 15 is 0 Å². The van der Waals surface area contributed by atoms with Gasteiger partial charge in [0.05, 0.1) is 6.54 Å². The van der Waals surface area contributed by atoms with E-state index in [9.17, 15) is 19.2 Å². The summed E-state index contributed by atoms with van der Waals surface area (Å²) < 4.78 is 12.3. The van der Waals surface area contributed by atoms with Gasteiger partial charge >= 0.3 is 6.09 Å². The molecule has 2 aromatic carbocycles. The Labute approximate surface area is 271 Å². The van der Waals surface area contributed by atoms with Gasteiger partial charge < -0.3 is 25.0 Å². The molecule has 0 aromatic heterocycles. The number of rotatable bonds is 2. The van der Waals surface area contributed by atoms with E-state index in [0.717, 1.165) is 60.6 Å². The second-order valence-corrected chi connectivity index (χ2v) is 14.7. The lowest BCUT2D eigenvalue weighted by atomic mass is 9.64. The van der Waals surface area contributed by atoms with E-state index in [1.54, 1.807) is 32.6 Å². The highest BCUT2D eigenvalue weighted by Gasteiger charge is 2.56. The minimum absolute atomic E-state index is 0.0733. The van der Waals surface area contributed by atoms with Crippen LogP contribution in [0.2, 0.25) is 0 Å². The van der Waals surface area contributed by atoms with Crippen LogP contribution in [-0.2, 0) is 25.5 Å². The number of alkyl carbamates (subject to hydrolysis) is 1. The van der Waals surface area contributed by atoms with Gasteiger partial charge in [-0.15, -0.1) is 0 Å². The molecule has 2 N–H and O–H groups in total. The normalized spacial score (nSPS) is 30.1. The fraction of sp³-hybridized carbons (Fsp3) is 0.568. The van der Waals surface area contributed by atoms with Crippen LogP contribution < -0.4 is 15.4 Å². The number of hydrogen-bond acceptors (Lipinski definition) is 6. The number of nitrogens with one attached hydrogen (secondary N) is 2. The van der Waals surface area contributed by atoms with Crippen LogP contribution in [0.4, 0.5) is 4.79 Å². The molecule has 5 unspecified atom stereocenters. The summed E-state index contributed by atoms with van der Waals surface area (Å²) >= 11 is 0. The van der Waals surface area contributed by atoms with Crippen molar-refractivity contribution in [2.45, 2.75) is 121 Å². The topological polar surface area (TPSA) is 114 Å².